The molecule has 0 unspecified atom stereocenters. The van der Waals surface area contributed by atoms with Crippen LogP contribution in [-0.2, 0) is 59.7 Å². The highest BCUT2D eigenvalue weighted by Gasteiger charge is 2.31. The van der Waals surface area contributed by atoms with Crippen molar-refractivity contribution in [2.75, 3.05) is 54.2 Å². The van der Waals surface area contributed by atoms with Crippen LogP contribution in [-0.4, -0.2) is 124 Å². The van der Waals surface area contributed by atoms with Crippen LogP contribution in [0.1, 0.15) is 83.1 Å². The number of halogens is 3. The Morgan fingerprint density at radius 3 is 1.35 bits per heavy atom. The number of hydrogen-bond donors (Lipinski definition) is 2. The van der Waals surface area contributed by atoms with Gasteiger partial charge in [-0.25, -0.2) is 13.2 Å². The number of rotatable bonds is 24. The molecular weight excluding hydrogens is 1210 g/mol. The lowest BCUT2D eigenvalue weighted by Gasteiger charge is -2.30. The number of benzene rings is 4. The number of aryl methyl sites for hydroxylation is 3. The van der Waals surface area contributed by atoms with Crippen LogP contribution in [0.4, 0.5) is 13.2 Å². The predicted molar refractivity (Wildman–Crippen MR) is 347 cm³/mol. The van der Waals surface area contributed by atoms with E-state index in [0.717, 1.165) is 22.3 Å². The Kier molecular flexibility index (Phi) is 26.0. The molecule has 25 heteroatoms. The minimum atomic E-state index is -0.884. The van der Waals surface area contributed by atoms with Crippen LogP contribution in [0.3, 0.4) is 0 Å². The van der Waals surface area contributed by atoms with Crippen molar-refractivity contribution in [1.82, 2.24) is 27.4 Å². The van der Waals surface area contributed by atoms with Crippen LogP contribution < -0.4 is 32.1 Å². The third-order valence-corrected chi connectivity index (χ3v) is 14.9. The maximum absolute atomic E-state index is 13.4. The van der Waals surface area contributed by atoms with E-state index in [4.69, 9.17) is 18.9 Å². The molecule has 0 bridgehead atoms. The van der Waals surface area contributed by atoms with Gasteiger partial charge in [0.2, 0.25) is 16.3 Å². The first-order chi connectivity index (χ1) is 43.8. The number of aromatic nitrogens is 5. The SMILES string of the molecule is COCCN1CCn2cc(C(=O)CCc3ccc(F)cc3)c(=O)c(O)c2C1=O.COCCn1ccn2cc(C(=O)CCc3ccc(F)cc3)c(=O)c(O)c2c1=O.COCCn1ccn2cc(C(=O)CCc3ccc(F)cc3)c(=O)c(OCc3ccccc3)c2c1=O.[BH4-].[CH3-]. The number of aromatic hydroxyl groups is 2. The topological polar surface area (TPSA) is 258 Å². The van der Waals surface area contributed by atoms with Crippen LogP contribution in [0.2, 0.25) is 0 Å². The van der Waals surface area contributed by atoms with Crippen LogP contribution in [0.25, 0.3) is 11.0 Å². The summed E-state index contributed by atoms with van der Waals surface area (Å²) >= 11 is 0. The Morgan fingerprint density at radius 1 is 0.484 bits per heavy atom. The van der Waals surface area contributed by atoms with E-state index >= 15 is 0 Å². The Morgan fingerprint density at radius 2 is 0.892 bits per heavy atom. The summed E-state index contributed by atoms with van der Waals surface area (Å²) in [6, 6.07) is 26.6. The molecule has 10 rings (SSSR count). The van der Waals surface area contributed by atoms with Crippen molar-refractivity contribution >= 4 is 42.7 Å². The highest BCUT2D eigenvalue weighted by Crippen LogP contribution is 2.23. The molecule has 93 heavy (non-hydrogen) atoms. The molecule has 0 saturated heterocycles. The lowest BCUT2D eigenvalue weighted by atomic mass is 10.0. The van der Waals surface area contributed by atoms with Gasteiger partial charge in [-0.3, -0.25) is 43.2 Å². The third-order valence-electron chi connectivity index (χ3n) is 14.9. The Labute approximate surface area is 533 Å². The maximum Gasteiger partial charge on any atom is 0.278 e. The van der Waals surface area contributed by atoms with Gasteiger partial charge in [0.15, 0.2) is 51.3 Å². The van der Waals surface area contributed by atoms with Gasteiger partial charge >= 0.3 is 0 Å². The highest BCUT2D eigenvalue weighted by molar-refractivity contribution is 6.00. The zero-order valence-electron chi connectivity index (χ0n) is 51.0. The van der Waals surface area contributed by atoms with E-state index in [9.17, 15) is 66.5 Å². The van der Waals surface area contributed by atoms with Gasteiger partial charge in [0.25, 0.3) is 17.0 Å². The molecule has 490 valence electrons. The molecule has 1 aliphatic rings. The summed E-state index contributed by atoms with van der Waals surface area (Å²) in [4.78, 5) is 116. The number of carbonyl (C=O) groups excluding carboxylic acids is 4. The number of ether oxygens (including phenoxy) is 4. The quantitative estimate of drug-likeness (QED) is 0.0398. The molecule has 1 aliphatic heterocycles. The molecular formula is C68H72BF3N6O15-2. The van der Waals surface area contributed by atoms with Gasteiger partial charge in [-0.2, -0.15) is 0 Å². The standard InChI is InChI=1S/C27H25FN2O5.C20H21FN2O5.C20H19FN2O5.CH3.BH4/c1-34-16-15-29-13-14-30-17-22(23(31)12-9-19-7-10-21(28)11-8-19)25(32)26(24(30)27(29)33)35-18-20-5-3-2-4-6-20;2*1-28-11-10-22-8-9-23-12-15(18(25)19(26)17(23)20(22)27)16(24)7-4-13-2-5-14(21)6-3-13;;/h2-8,10-11,13-14,17H,9,12,15-16,18H2,1H3;2-3,5-6,12,26H,4,7-11H2,1H3;2-3,5-6,8-9,12,26H,4,7,10-11H2,1H3;1H3;1H4/q;;;2*-1. The molecule has 0 fully saturated rings. The number of amides is 1. The summed E-state index contributed by atoms with van der Waals surface area (Å²) in [5, 5.41) is 20.6. The molecule has 21 nitrogen and oxygen atoms in total. The summed E-state index contributed by atoms with van der Waals surface area (Å²) in [5.41, 5.74) is -0.905. The van der Waals surface area contributed by atoms with Crippen molar-refractivity contribution in [3.8, 4) is 17.2 Å². The summed E-state index contributed by atoms with van der Waals surface area (Å²) < 4.78 is 66.8. The van der Waals surface area contributed by atoms with Gasteiger partial charge in [-0.05, 0) is 77.9 Å². The molecule has 9 aromatic rings. The summed E-state index contributed by atoms with van der Waals surface area (Å²) in [7, 11) is 4.56. The second kappa shape index (κ2) is 33.7. The van der Waals surface area contributed by atoms with Crippen LogP contribution in [0.5, 0.6) is 17.2 Å². The molecule has 6 heterocycles. The van der Waals surface area contributed by atoms with E-state index in [1.165, 1.54) is 116 Å². The normalized spacial score (nSPS) is 11.5. The van der Waals surface area contributed by atoms with Gasteiger partial charge in [-0.15, -0.1) is 0 Å². The molecule has 0 atom stereocenters. The molecule has 0 aliphatic carbocycles. The van der Waals surface area contributed by atoms with E-state index in [-0.39, 0.29) is 111 Å². The van der Waals surface area contributed by atoms with Crippen LogP contribution in [0.15, 0.2) is 170 Å². The minimum Gasteiger partial charge on any atom is -0.503 e. The van der Waals surface area contributed by atoms with Gasteiger partial charge in [0.05, 0.1) is 36.5 Å². The van der Waals surface area contributed by atoms with E-state index in [0.29, 0.717) is 65.3 Å². The number of fused-ring (bicyclic) bond motifs is 3. The van der Waals surface area contributed by atoms with Crippen molar-refractivity contribution in [2.45, 2.75) is 64.8 Å². The zero-order chi connectivity index (χ0) is 65.3. The molecule has 0 spiro atoms. The monoisotopic (exact) mass is 1280 g/mol. The minimum absolute atomic E-state index is 0. The largest absolute Gasteiger partial charge is 0.503 e. The second-order valence-electron chi connectivity index (χ2n) is 21.0. The predicted octanol–water partition coefficient (Wildman–Crippen LogP) is 6.02. The summed E-state index contributed by atoms with van der Waals surface area (Å²) in [5.74, 6) is -4.49. The fraction of sp³-hybridized carbons (Fsp3) is 0.265. The molecule has 0 saturated carbocycles. The number of nitrogens with zero attached hydrogens (tertiary/aromatic N) is 6. The van der Waals surface area contributed by atoms with E-state index in [1.54, 1.807) is 48.8 Å². The molecule has 2 N–H and O–H groups in total. The highest BCUT2D eigenvalue weighted by atomic mass is 19.1. The number of pyridine rings is 3. The first-order valence-corrected chi connectivity index (χ1v) is 28.8. The first kappa shape index (κ1) is 71.8. The number of hydrogen-bond acceptors (Lipinski definition) is 15. The summed E-state index contributed by atoms with van der Waals surface area (Å²) in [6.45, 7) is 2.68. The van der Waals surface area contributed by atoms with Gasteiger partial charge < -0.3 is 64.0 Å². The van der Waals surface area contributed by atoms with Crippen LogP contribution in [0, 0.1) is 24.9 Å². The van der Waals surface area contributed by atoms with E-state index in [2.05, 4.69) is 0 Å². The van der Waals surface area contributed by atoms with Gasteiger partial charge in [-0.1, -0.05) is 75.1 Å². The molecule has 4 aromatic carbocycles. The third kappa shape index (κ3) is 17.8. The molecule has 0 radical (unpaired) electrons. The van der Waals surface area contributed by atoms with Gasteiger partial charge in [0.1, 0.15) is 24.1 Å². The maximum atomic E-state index is 13.4. The Hall–Kier alpha value is -10.2. The average molecular weight is 1280 g/mol. The lowest BCUT2D eigenvalue weighted by molar-refractivity contribution is 0.0632. The zero-order valence-corrected chi connectivity index (χ0v) is 51.0. The van der Waals surface area contributed by atoms with Gasteiger partial charge in [0, 0.05) is 117 Å². The number of carbonyl (C=O) groups is 4. The van der Waals surface area contributed by atoms with Crippen molar-refractivity contribution in [3.63, 3.8) is 0 Å². The van der Waals surface area contributed by atoms with E-state index < -0.39 is 56.4 Å². The molecule has 5 aromatic heterocycles. The van der Waals surface area contributed by atoms with Crippen molar-refractivity contribution in [3.05, 3.63) is 267 Å². The van der Waals surface area contributed by atoms with Crippen molar-refractivity contribution in [1.29, 1.82) is 0 Å². The van der Waals surface area contributed by atoms with Crippen LogP contribution >= 0.6 is 0 Å². The number of methoxy groups -OCH3 is 3. The smallest absolute Gasteiger partial charge is 0.278 e. The fourth-order valence-corrected chi connectivity index (χ4v) is 9.86. The number of Topliss-reactive ketones (excluding diaryl/α,β-unsaturated/α-hetero) is 3. The summed E-state index contributed by atoms with van der Waals surface area (Å²) in [6.07, 6.45) is 11.2. The second-order valence-corrected chi connectivity index (χ2v) is 21.0. The van der Waals surface area contributed by atoms with Crippen molar-refractivity contribution in [2.24, 2.45) is 0 Å². The average Bonchev–Trinajstić information content (AvgIpc) is 0.790. The first-order valence-electron chi connectivity index (χ1n) is 28.8. The van der Waals surface area contributed by atoms with E-state index in [1.807, 2.05) is 30.3 Å². The fourth-order valence-electron chi connectivity index (χ4n) is 9.86. The van der Waals surface area contributed by atoms with Crippen molar-refractivity contribution < 1.29 is 61.5 Å². The Bertz CT molecular complexity index is 4420. The molecule has 1 amide bonds. The Balaban J connectivity index is 0.000000221. The lowest BCUT2D eigenvalue weighted by Crippen LogP contribution is -2.43. The number of ketones is 3.